The summed E-state index contributed by atoms with van der Waals surface area (Å²) in [6, 6.07) is 0. The third-order valence-corrected chi connectivity index (χ3v) is 2.72. The van der Waals surface area contributed by atoms with Crippen molar-refractivity contribution in [2.24, 2.45) is 5.92 Å². The van der Waals surface area contributed by atoms with Gasteiger partial charge in [-0.2, -0.15) is 0 Å². The van der Waals surface area contributed by atoms with E-state index in [4.69, 9.17) is 0 Å². The van der Waals surface area contributed by atoms with Gasteiger partial charge in [-0.25, -0.2) is 0 Å². The normalized spacial score (nSPS) is 12.7. The van der Waals surface area contributed by atoms with Crippen molar-refractivity contribution >= 4 is 28.6 Å². The monoisotopic (exact) mass is 256 g/mol. The van der Waals surface area contributed by atoms with Crippen molar-refractivity contribution in [1.29, 1.82) is 0 Å². The number of esters is 1. The zero-order valence-corrected chi connectivity index (χ0v) is 8.55. The van der Waals surface area contributed by atoms with Crippen LogP contribution in [0.5, 0.6) is 0 Å². The van der Waals surface area contributed by atoms with Gasteiger partial charge < -0.3 is 4.74 Å². The average molecular weight is 256 g/mol. The summed E-state index contributed by atoms with van der Waals surface area (Å²) in [5, 5.41) is 0. The minimum absolute atomic E-state index is 0.0940. The van der Waals surface area contributed by atoms with E-state index in [1.165, 1.54) is 7.11 Å². The fourth-order valence-electron chi connectivity index (χ4n) is 0.627. The van der Waals surface area contributed by atoms with Gasteiger partial charge >= 0.3 is 5.97 Å². The maximum absolute atomic E-state index is 10.7. The molecular weight excluding hydrogens is 243 g/mol. The largest absolute Gasteiger partial charge is 0.469 e. The molecule has 0 aliphatic carbocycles. The summed E-state index contributed by atoms with van der Waals surface area (Å²) in [5.41, 5.74) is 0. The second-order valence-electron chi connectivity index (χ2n) is 2.21. The van der Waals surface area contributed by atoms with Gasteiger partial charge in [0, 0.05) is 10.8 Å². The lowest BCUT2D eigenvalue weighted by molar-refractivity contribution is -0.141. The van der Waals surface area contributed by atoms with Crippen LogP contribution in [0.25, 0.3) is 0 Å². The zero-order chi connectivity index (χ0) is 7.98. The second-order valence-corrected chi connectivity index (χ2v) is 3.09. The summed E-state index contributed by atoms with van der Waals surface area (Å²) in [7, 11) is 1.43. The second kappa shape index (κ2) is 5.95. The fraction of sp³-hybridized carbons (Fsp3) is 0.857. The van der Waals surface area contributed by atoms with E-state index in [2.05, 4.69) is 34.3 Å². The number of hydrogen-bond acceptors (Lipinski definition) is 2. The Kier molecular flexibility index (Phi) is 6.06. The lowest BCUT2D eigenvalue weighted by atomic mass is 10.1. The molecule has 0 saturated heterocycles. The number of rotatable bonds is 4. The van der Waals surface area contributed by atoms with E-state index in [-0.39, 0.29) is 5.97 Å². The average Bonchev–Trinajstić information content (AvgIpc) is 1.99. The van der Waals surface area contributed by atoms with Gasteiger partial charge in [0.05, 0.1) is 7.11 Å². The van der Waals surface area contributed by atoms with Gasteiger partial charge in [0.2, 0.25) is 0 Å². The van der Waals surface area contributed by atoms with Gasteiger partial charge in [0.25, 0.3) is 0 Å². The molecule has 0 bridgehead atoms. The number of carbonyl (C=O) groups is 1. The molecule has 0 fully saturated rings. The Bertz CT molecular complexity index is 99.8. The predicted molar refractivity (Wildman–Crippen MR) is 49.3 cm³/mol. The van der Waals surface area contributed by atoms with E-state index in [1.807, 2.05) is 0 Å². The molecule has 0 rings (SSSR count). The molecule has 3 heteroatoms. The van der Waals surface area contributed by atoms with Crippen molar-refractivity contribution in [3.8, 4) is 0 Å². The molecular formula is C7H13IO2. The van der Waals surface area contributed by atoms with Crippen molar-refractivity contribution in [3.63, 3.8) is 0 Å². The molecule has 1 unspecified atom stereocenters. The van der Waals surface area contributed by atoms with Crippen molar-refractivity contribution in [2.45, 2.75) is 19.8 Å². The van der Waals surface area contributed by atoms with Gasteiger partial charge in [-0.05, 0) is 5.92 Å². The smallest absolute Gasteiger partial charge is 0.305 e. The number of alkyl halides is 1. The fourth-order valence-corrected chi connectivity index (χ4v) is 1.56. The Balaban J connectivity index is 3.52. The first-order valence-corrected chi connectivity index (χ1v) is 4.89. The summed E-state index contributed by atoms with van der Waals surface area (Å²) < 4.78 is 5.57. The minimum Gasteiger partial charge on any atom is -0.469 e. The lowest BCUT2D eigenvalue weighted by Crippen LogP contribution is -2.09. The van der Waals surface area contributed by atoms with E-state index in [0.29, 0.717) is 12.3 Å². The van der Waals surface area contributed by atoms with Crippen molar-refractivity contribution < 1.29 is 9.53 Å². The van der Waals surface area contributed by atoms with Crippen molar-refractivity contribution in [1.82, 2.24) is 0 Å². The molecule has 0 N–H and O–H groups in total. The SMILES string of the molecule is CCC(CI)CC(=O)OC. The molecule has 0 aromatic carbocycles. The number of halogens is 1. The first-order chi connectivity index (χ1) is 4.74. The first kappa shape index (κ1) is 10.2. The molecule has 0 aromatic rings. The van der Waals surface area contributed by atoms with Crippen LogP contribution < -0.4 is 0 Å². The maximum atomic E-state index is 10.7. The lowest BCUT2D eigenvalue weighted by Gasteiger charge is -2.07. The Morgan fingerprint density at radius 3 is 2.60 bits per heavy atom. The third-order valence-electron chi connectivity index (χ3n) is 1.48. The molecule has 0 heterocycles. The molecule has 10 heavy (non-hydrogen) atoms. The van der Waals surface area contributed by atoms with Crippen LogP contribution in [0, 0.1) is 5.92 Å². The first-order valence-electron chi connectivity index (χ1n) is 3.37. The molecule has 0 spiro atoms. The van der Waals surface area contributed by atoms with E-state index in [0.717, 1.165) is 10.8 Å². The van der Waals surface area contributed by atoms with Crippen LogP contribution in [0.15, 0.2) is 0 Å². The highest BCUT2D eigenvalue weighted by Gasteiger charge is 2.09. The molecule has 0 saturated carbocycles. The minimum atomic E-state index is -0.0940. The third kappa shape index (κ3) is 4.09. The molecule has 60 valence electrons. The van der Waals surface area contributed by atoms with Gasteiger partial charge in [-0.15, -0.1) is 0 Å². The number of carbonyl (C=O) groups excluding carboxylic acids is 1. The standard InChI is InChI=1S/C7H13IO2/c1-3-6(5-8)4-7(9)10-2/h6H,3-5H2,1-2H3. The van der Waals surface area contributed by atoms with Crippen LogP contribution in [-0.2, 0) is 9.53 Å². The highest BCUT2D eigenvalue weighted by Crippen LogP contribution is 2.11. The number of methoxy groups -OCH3 is 1. The molecule has 0 amide bonds. The van der Waals surface area contributed by atoms with Gasteiger partial charge in [-0.1, -0.05) is 35.9 Å². The number of ether oxygens (including phenoxy) is 1. The summed E-state index contributed by atoms with van der Waals surface area (Å²) in [6.45, 7) is 2.09. The van der Waals surface area contributed by atoms with Crippen LogP contribution in [0.1, 0.15) is 19.8 Å². The van der Waals surface area contributed by atoms with Crippen LogP contribution in [-0.4, -0.2) is 17.5 Å². The molecule has 0 aliphatic rings. The van der Waals surface area contributed by atoms with Crippen molar-refractivity contribution in [2.75, 3.05) is 11.5 Å². The Morgan fingerprint density at radius 1 is 1.70 bits per heavy atom. The van der Waals surface area contributed by atoms with E-state index >= 15 is 0 Å². The van der Waals surface area contributed by atoms with Gasteiger partial charge in [-0.3, -0.25) is 4.79 Å². The van der Waals surface area contributed by atoms with Crippen molar-refractivity contribution in [3.05, 3.63) is 0 Å². The van der Waals surface area contributed by atoms with Crippen LogP contribution in [0.4, 0.5) is 0 Å². The molecule has 1 atom stereocenters. The maximum Gasteiger partial charge on any atom is 0.305 e. The number of hydrogen-bond donors (Lipinski definition) is 0. The molecule has 2 nitrogen and oxygen atoms in total. The summed E-state index contributed by atoms with van der Waals surface area (Å²) in [4.78, 5) is 10.7. The van der Waals surface area contributed by atoms with Crippen LogP contribution in [0.3, 0.4) is 0 Å². The molecule has 0 radical (unpaired) electrons. The van der Waals surface area contributed by atoms with Crippen LogP contribution in [0.2, 0.25) is 0 Å². The highest BCUT2D eigenvalue weighted by molar-refractivity contribution is 14.1. The molecule has 0 aliphatic heterocycles. The van der Waals surface area contributed by atoms with E-state index < -0.39 is 0 Å². The Morgan fingerprint density at radius 2 is 2.30 bits per heavy atom. The quantitative estimate of drug-likeness (QED) is 0.437. The predicted octanol–water partition coefficient (Wildman–Crippen LogP) is 2.01. The summed E-state index contributed by atoms with van der Waals surface area (Å²) >= 11 is 2.29. The van der Waals surface area contributed by atoms with E-state index in [1.54, 1.807) is 0 Å². The highest BCUT2D eigenvalue weighted by atomic mass is 127. The topological polar surface area (TPSA) is 26.3 Å². The Labute approximate surface area is 75.5 Å². The van der Waals surface area contributed by atoms with E-state index in [9.17, 15) is 4.79 Å². The Hall–Kier alpha value is 0.200. The molecule has 0 aromatic heterocycles. The zero-order valence-electron chi connectivity index (χ0n) is 6.39. The van der Waals surface area contributed by atoms with Gasteiger partial charge in [0.15, 0.2) is 0 Å². The van der Waals surface area contributed by atoms with Gasteiger partial charge in [0.1, 0.15) is 0 Å². The summed E-state index contributed by atoms with van der Waals surface area (Å²) in [6.07, 6.45) is 1.62. The van der Waals surface area contributed by atoms with Crippen LogP contribution >= 0.6 is 22.6 Å². The summed E-state index contributed by atoms with van der Waals surface area (Å²) in [5.74, 6) is 0.400.